The molecule has 3 nitrogen and oxygen atoms in total. The summed E-state index contributed by atoms with van der Waals surface area (Å²) in [5.74, 6) is 0.0737. The molecule has 0 aromatic heterocycles. The van der Waals surface area contributed by atoms with Gasteiger partial charge < -0.3 is 0 Å². The molecule has 104 valence electrons. The zero-order valence-electron chi connectivity index (χ0n) is 12.3. The van der Waals surface area contributed by atoms with Gasteiger partial charge in [-0.1, -0.05) is 0 Å². The first-order valence-electron chi connectivity index (χ1n) is 6.91. The van der Waals surface area contributed by atoms with Gasteiger partial charge in [0.2, 0.25) is 0 Å². The molecule has 0 unspecified atom stereocenters. The van der Waals surface area contributed by atoms with Crippen molar-refractivity contribution < 1.29 is 4.79 Å². The Morgan fingerprint density at radius 1 is 0.905 bits per heavy atom. The number of ketones is 1. The van der Waals surface area contributed by atoms with Gasteiger partial charge in [-0.25, -0.2) is 0 Å². The Kier molecular flexibility index (Phi) is 3.55. The number of aliphatic imine (C=N–C) groups is 1. The zero-order chi connectivity index (χ0) is 15.0. The van der Waals surface area contributed by atoms with E-state index >= 15 is 0 Å². The molecule has 0 amide bonds. The van der Waals surface area contributed by atoms with Crippen molar-refractivity contribution >= 4 is 36.1 Å². The van der Waals surface area contributed by atoms with Gasteiger partial charge in [0.05, 0.1) is 0 Å². The second-order valence-electron chi connectivity index (χ2n) is 6.10. The van der Waals surface area contributed by atoms with Crippen LogP contribution in [0.2, 0.25) is 14.8 Å². The van der Waals surface area contributed by atoms with Gasteiger partial charge in [0.25, 0.3) is 0 Å². The monoisotopic (exact) mass is 384 g/mol. The third-order valence-electron chi connectivity index (χ3n) is 3.27. The second kappa shape index (κ2) is 5.24. The Morgan fingerprint density at radius 2 is 1.57 bits per heavy atom. The van der Waals surface area contributed by atoms with Crippen LogP contribution in [0.25, 0.3) is 11.1 Å². The Labute approximate surface area is 128 Å². The zero-order valence-corrected chi connectivity index (χ0v) is 15.2. The van der Waals surface area contributed by atoms with Crippen molar-refractivity contribution in [3.63, 3.8) is 0 Å². The van der Waals surface area contributed by atoms with Gasteiger partial charge in [-0.05, 0) is 0 Å². The van der Waals surface area contributed by atoms with Gasteiger partial charge >= 0.3 is 129 Å². The summed E-state index contributed by atoms with van der Waals surface area (Å²) < 4.78 is 4.41. The molecule has 0 spiro atoms. The average Bonchev–Trinajstić information content (AvgIpc) is 2.72. The van der Waals surface area contributed by atoms with Crippen LogP contribution in [-0.2, 0) is 0 Å². The van der Waals surface area contributed by atoms with Crippen LogP contribution >= 0.6 is 0 Å². The van der Waals surface area contributed by atoms with Crippen LogP contribution in [-0.4, -0.2) is 30.4 Å². The van der Waals surface area contributed by atoms with Crippen LogP contribution in [0.3, 0.4) is 0 Å². The van der Waals surface area contributed by atoms with Gasteiger partial charge in [-0.3, -0.25) is 0 Å². The van der Waals surface area contributed by atoms with Crippen LogP contribution in [0, 0.1) is 0 Å². The number of carbonyl (C=O) groups is 1. The number of carbonyl (C=O) groups excluding carboxylic acids is 1. The molecular formula is C17H16N2OSn. The molecule has 0 aliphatic heterocycles. The molecule has 0 bridgehead atoms. The van der Waals surface area contributed by atoms with Gasteiger partial charge in [0, 0.05) is 0 Å². The summed E-state index contributed by atoms with van der Waals surface area (Å²) in [6.45, 7) is 0. The Balaban J connectivity index is 2.02. The predicted molar refractivity (Wildman–Crippen MR) is 88.2 cm³/mol. The topological polar surface area (TPSA) is 41.8 Å². The summed E-state index contributed by atoms with van der Waals surface area (Å²) in [7, 11) is 0. The minimum atomic E-state index is -2.23. The third-order valence-corrected chi connectivity index (χ3v) is 5.47. The van der Waals surface area contributed by atoms with E-state index in [4.69, 9.17) is 0 Å². The Hall–Kier alpha value is -1.71. The molecule has 1 aliphatic rings. The normalized spacial score (nSPS) is 12.4. The molecule has 0 heterocycles. The maximum absolute atomic E-state index is 12.4. The van der Waals surface area contributed by atoms with Crippen molar-refractivity contribution in [1.82, 2.24) is 0 Å². The molecule has 0 N–H and O–H groups in total. The van der Waals surface area contributed by atoms with E-state index in [9.17, 15) is 4.79 Å². The quantitative estimate of drug-likeness (QED) is 0.474. The van der Waals surface area contributed by atoms with E-state index < -0.39 is 18.7 Å². The van der Waals surface area contributed by atoms with Crippen molar-refractivity contribution in [2.45, 2.75) is 14.8 Å². The molecule has 4 heteroatoms. The number of benzene rings is 2. The fourth-order valence-electron chi connectivity index (χ4n) is 2.32. The first kappa shape index (κ1) is 14.2. The molecule has 0 radical (unpaired) electrons. The average molecular weight is 383 g/mol. The minimum absolute atomic E-state index is 0.0737. The maximum atomic E-state index is 12.4. The molecule has 21 heavy (non-hydrogen) atoms. The summed E-state index contributed by atoms with van der Waals surface area (Å²) in [4.78, 5) is 23.2. The molecule has 0 saturated carbocycles. The molecule has 3 rings (SSSR count). The number of nitrogens with zero attached hydrogens (tertiary/aromatic N) is 2. The van der Waals surface area contributed by atoms with E-state index in [1.54, 1.807) is 0 Å². The van der Waals surface area contributed by atoms with Crippen molar-refractivity contribution in [1.29, 1.82) is 0 Å². The van der Waals surface area contributed by atoms with Crippen LogP contribution in [0.4, 0.5) is 5.69 Å². The van der Waals surface area contributed by atoms with E-state index in [-0.39, 0.29) is 5.78 Å². The summed E-state index contributed by atoms with van der Waals surface area (Å²) >= 11 is -2.23. The van der Waals surface area contributed by atoms with Gasteiger partial charge in [0.15, 0.2) is 0 Å². The standard InChI is InChI=1S/C14H7N2O.3CH3.Sn/c15-8-16-9-5-6-11-10-3-1-2-4-12(10)14(17)13(11)7-9;;;;/h1-7H;3*1H3;/q-1;;;;+1. The van der Waals surface area contributed by atoms with Gasteiger partial charge in [0.1, 0.15) is 0 Å². The molecule has 1 aliphatic carbocycles. The summed E-state index contributed by atoms with van der Waals surface area (Å²) in [6.07, 6.45) is 0. The number of hydrogen-bond acceptors (Lipinski definition) is 3. The van der Waals surface area contributed by atoms with Crippen molar-refractivity contribution in [3.8, 4) is 11.1 Å². The van der Waals surface area contributed by atoms with Gasteiger partial charge in [-0.2, -0.15) is 0 Å². The Morgan fingerprint density at radius 3 is 2.29 bits per heavy atom. The molecule has 0 saturated heterocycles. The fourth-order valence-corrected chi connectivity index (χ4v) is 3.32. The van der Waals surface area contributed by atoms with Crippen LogP contribution in [0.1, 0.15) is 15.9 Å². The van der Waals surface area contributed by atoms with E-state index in [1.807, 2.05) is 42.5 Å². The SMILES string of the molecule is [CH3][Sn]([CH3])([CH3])[N]=C=Nc1ccc2c(c1)C(=O)c1ccccc1-2. The van der Waals surface area contributed by atoms with Crippen molar-refractivity contribution in [3.05, 3.63) is 53.6 Å². The third kappa shape index (κ3) is 2.85. The Bertz CT molecular complexity index is 797. The predicted octanol–water partition coefficient (Wildman–Crippen LogP) is 4.54. The second-order valence-corrected chi connectivity index (χ2v) is 19.1. The summed E-state index contributed by atoms with van der Waals surface area (Å²) in [6, 6.07) is 16.2. The first-order chi connectivity index (χ1) is 9.96. The van der Waals surface area contributed by atoms with Crippen LogP contribution in [0.5, 0.6) is 0 Å². The number of rotatable bonds is 2. The van der Waals surface area contributed by atoms with E-state index in [2.05, 4.69) is 29.0 Å². The molecule has 2 aromatic carbocycles. The molecular weight excluding hydrogens is 367 g/mol. The molecule has 0 atom stereocenters. The summed E-state index contributed by atoms with van der Waals surface area (Å²) in [5.41, 5.74) is 4.22. The number of fused-ring (bicyclic) bond motifs is 3. The molecule has 2 aromatic rings. The van der Waals surface area contributed by atoms with Crippen molar-refractivity contribution in [2.75, 3.05) is 0 Å². The van der Waals surface area contributed by atoms with E-state index in [0.717, 1.165) is 27.9 Å². The van der Waals surface area contributed by atoms with E-state index in [0.29, 0.717) is 0 Å². The van der Waals surface area contributed by atoms with Crippen molar-refractivity contribution in [2.24, 2.45) is 8.21 Å². The van der Waals surface area contributed by atoms with Gasteiger partial charge in [-0.15, -0.1) is 0 Å². The summed E-state index contributed by atoms with van der Waals surface area (Å²) in [5, 5.41) is 0. The van der Waals surface area contributed by atoms with E-state index in [1.165, 1.54) is 0 Å². The fraction of sp³-hybridized carbons (Fsp3) is 0.176. The van der Waals surface area contributed by atoms with Crippen LogP contribution in [0.15, 0.2) is 50.7 Å². The molecule has 0 fully saturated rings. The first-order valence-corrected chi connectivity index (χ1v) is 16.8. The number of hydrogen-bond donors (Lipinski definition) is 0. The van der Waals surface area contributed by atoms with Crippen LogP contribution < -0.4 is 0 Å².